The van der Waals surface area contributed by atoms with Crippen LogP contribution in [-0.4, -0.2) is 65.3 Å². The summed E-state index contributed by atoms with van der Waals surface area (Å²) in [6.07, 6.45) is -0.125. The molecule has 0 radical (unpaired) electrons. The van der Waals surface area contributed by atoms with Crippen LogP contribution >= 0.6 is 0 Å². The molecule has 37 heavy (non-hydrogen) atoms. The third-order valence-corrected chi connectivity index (χ3v) is 5.98. The van der Waals surface area contributed by atoms with Crippen LogP contribution in [0.25, 0.3) is 5.57 Å². The number of cyclic esters (lactones) is 1. The van der Waals surface area contributed by atoms with Crippen molar-refractivity contribution in [1.82, 2.24) is 10.1 Å². The maximum absolute atomic E-state index is 15.2. The molecular formula is C25H29F2N3O7. The Morgan fingerprint density at radius 1 is 1.27 bits per heavy atom. The SMILES string of the molecule is CC(C)(C)OC[C@H](O)C(=O)C1C=C(c2c(F)cc(N3C[C@H](Cn4occc4=O)OC3=O)cc2F)CCN1. The number of aliphatic hydroxyl groups excluding tert-OH is 1. The van der Waals surface area contributed by atoms with E-state index in [1.54, 1.807) is 20.8 Å². The number of aliphatic hydroxyl groups is 1. The highest BCUT2D eigenvalue weighted by molar-refractivity contribution is 5.93. The van der Waals surface area contributed by atoms with Gasteiger partial charge in [0.1, 0.15) is 30.1 Å². The molecule has 1 aromatic carbocycles. The minimum absolute atomic E-state index is 0.0398. The Kier molecular flexibility index (Phi) is 7.62. The first-order chi connectivity index (χ1) is 17.4. The number of nitrogens with one attached hydrogen (secondary N) is 1. The largest absolute Gasteiger partial charge is 0.442 e. The third-order valence-electron chi connectivity index (χ3n) is 5.98. The highest BCUT2D eigenvalue weighted by atomic mass is 19.1. The number of anilines is 1. The molecule has 1 amide bonds. The van der Waals surface area contributed by atoms with Gasteiger partial charge in [0.05, 0.1) is 37.0 Å². The Morgan fingerprint density at radius 3 is 2.59 bits per heavy atom. The number of nitrogens with zero attached hydrogens (tertiary/aromatic N) is 2. The van der Waals surface area contributed by atoms with E-state index >= 15 is 8.78 Å². The van der Waals surface area contributed by atoms with Crippen LogP contribution < -0.4 is 15.8 Å². The van der Waals surface area contributed by atoms with Gasteiger partial charge in [0.2, 0.25) is 0 Å². The minimum Gasteiger partial charge on any atom is -0.442 e. The van der Waals surface area contributed by atoms with E-state index in [9.17, 15) is 19.5 Å². The van der Waals surface area contributed by atoms with E-state index in [-0.39, 0.29) is 49.5 Å². The lowest BCUT2D eigenvalue weighted by molar-refractivity contribution is -0.134. The van der Waals surface area contributed by atoms with Crippen LogP contribution in [0.2, 0.25) is 0 Å². The van der Waals surface area contributed by atoms with Gasteiger partial charge in [-0.15, -0.1) is 0 Å². The minimum atomic E-state index is -1.41. The van der Waals surface area contributed by atoms with Gasteiger partial charge in [-0.05, 0) is 44.9 Å². The molecule has 0 saturated carbocycles. The summed E-state index contributed by atoms with van der Waals surface area (Å²) in [6.45, 7) is 5.35. The fraction of sp³-hybridized carbons (Fsp3) is 0.480. The van der Waals surface area contributed by atoms with Crippen molar-refractivity contribution in [2.45, 2.75) is 57.6 Å². The molecule has 2 aliphatic heterocycles. The van der Waals surface area contributed by atoms with E-state index in [1.165, 1.54) is 18.4 Å². The fourth-order valence-electron chi connectivity index (χ4n) is 4.18. The fourth-order valence-corrected chi connectivity index (χ4v) is 4.18. The molecule has 0 spiro atoms. The van der Waals surface area contributed by atoms with Gasteiger partial charge in [0.15, 0.2) is 5.78 Å². The normalized spacial score (nSPS) is 21.1. The van der Waals surface area contributed by atoms with Crippen LogP contribution in [-0.2, 0) is 20.8 Å². The van der Waals surface area contributed by atoms with Crippen molar-refractivity contribution in [3.8, 4) is 0 Å². The Hall–Kier alpha value is -3.35. The third kappa shape index (κ3) is 6.14. The highest BCUT2D eigenvalue weighted by Crippen LogP contribution is 2.32. The van der Waals surface area contributed by atoms with Crippen LogP contribution in [0.1, 0.15) is 32.8 Å². The predicted octanol–water partition coefficient (Wildman–Crippen LogP) is 2.24. The number of carbonyl (C=O) groups excluding carboxylic acids is 2. The van der Waals surface area contributed by atoms with Crippen molar-refractivity contribution in [3.05, 3.63) is 58.1 Å². The van der Waals surface area contributed by atoms with Crippen molar-refractivity contribution in [2.24, 2.45) is 0 Å². The van der Waals surface area contributed by atoms with Gasteiger partial charge in [-0.25, -0.2) is 13.6 Å². The zero-order chi connectivity index (χ0) is 26.9. The van der Waals surface area contributed by atoms with Gasteiger partial charge in [-0.2, -0.15) is 4.74 Å². The summed E-state index contributed by atoms with van der Waals surface area (Å²) in [5, 5.41) is 13.2. The Balaban J connectivity index is 1.50. The monoisotopic (exact) mass is 521 g/mol. The molecule has 3 heterocycles. The number of benzene rings is 1. The van der Waals surface area contributed by atoms with Crippen LogP contribution in [0.4, 0.5) is 19.3 Å². The Bertz CT molecular complexity index is 1240. The molecule has 1 unspecified atom stereocenters. The summed E-state index contributed by atoms with van der Waals surface area (Å²) in [5.74, 6) is -2.39. The van der Waals surface area contributed by atoms with E-state index in [0.29, 0.717) is 0 Å². The molecule has 12 heteroatoms. The smallest absolute Gasteiger partial charge is 0.414 e. The molecule has 3 atom stereocenters. The zero-order valence-electron chi connectivity index (χ0n) is 20.7. The second-order valence-corrected chi connectivity index (χ2v) is 9.92. The maximum Gasteiger partial charge on any atom is 0.414 e. The molecule has 0 bridgehead atoms. The van der Waals surface area contributed by atoms with Gasteiger partial charge in [-0.3, -0.25) is 14.5 Å². The molecule has 4 rings (SSSR count). The maximum atomic E-state index is 15.2. The number of ketones is 1. The molecule has 10 nitrogen and oxygen atoms in total. The molecule has 0 aliphatic carbocycles. The van der Waals surface area contributed by atoms with Gasteiger partial charge >= 0.3 is 6.09 Å². The number of amides is 1. The Labute approximate surface area is 211 Å². The molecule has 1 aromatic heterocycles. The number of hydrogen-bond donors (Lipinski definition) is 2. The average Bonchev–Trinajstić information content (AvgIpc) is 3.41. The van der Waals surface area contributed by atoms with E-state index in [0.717, 1.165) is 21.8 Å². The van der Waals surface area contributed by atoms with Crippen molar-refractivity contribution in [1.29, 1.82) is 0 Å². The number of aromatic nitrogens is 1. The zero-order valence-corrected chi connectivity index (χ0v) is 20.7. The first-order valence-corrected chi connectivity index (χ1v) is 11.8. The molecular weight excluding hydrogens is 492 g/mol. The van der Waals surface area contributed by atoms with Crippen molar-refractivity contribution in [3.63, 3.8) is 0 Å². The number of rotatable bonds is 8. The van der Waals surface area contributed by atoms with Crippen LogP contribution in [0.3, 0.4) is 0 Å². The van der Waals surface area contributed by atoms with Gasteiger partial charge in [0, 0.05) is 18.2 Å². The number of hydrogen-bond acceptors (Lipinski definition) is 8. The standard InChI is InChI=1S/C25H29F2N3O7/c1-25(2,3)35-13-20(31)23(33)19-8-14(4-6-28-19)22-17(26)9-15(10-18(22)27)29-11-16(37-24(29)34)12-30-21(32)5-7-36-30/h5,7-10,16,19-20,28,31H,4,6,11-13H2,1-3H3/t16-,19?,20+/m1/s1. The summed E-state index contributed by atoms with van der Waals surface area (Å²) < 4.78 is 47.1. The lowest BCUT2D eigenvalue weighted by Gasteiger charge is -2.26. The summed E-state index contributed by atoms with van der Waals surface area (Å²) in [5.41, 5.74) is -1.04. The van der Waals surface area contributed by atoms with Crippen molar-refractivity contribution < 1.29 is 37.5 Å². The summed E-state index contributed by atoms with van der Waals surface area (Å²) in [7, 11) is 0. The van der Waals surface area contributed by atoms with Crippen LogP contribution in [0.5, 0.6) is 0 Å². The van der Waals surface area contributed by atoms with Crippen molar-refractivity contribution in [2.75, 3.05) is 24.6 Å². The summed E-state index contributed by atoms with van der Waals surface area (Å²) in [6, 6.07) is 2.31. The average molecular weight is 522 g/mol. The lowest BCUT2D eigenvalue weighted by Crippen LogP contribution is -2.46. The van der Waals surface area contributed by atoms with E-state index in [4.69, 9.17) is 14.0 Å². The number of Topliss-reactive ketones (excluding diaryl/α,β-unsaturated/α-hetero) is 1. The van der Waals surface area contributed by atoms with Crippen LogP contribution in [0.15, 0.2) is 39.9 Å². The number of halogens is 2. The molecule has 200 valence electrons. The molecule has 2 N–H and O–H groups in total. The predicted molar refractivity (Wildman–Crippen MR) is 128 cm³/mol. The van der Waals surface area contributed by atoms with Crippen molar-refractivity contribution >= 4 is 23.1 Å². The second-order valence-electron chi connectivity index (χ2n) is 9.92. The molecule has 2 aromatic rings. The summed E-state index contributed by atoms with van der Waals surface area (Å²) in [4.78, 5) is 37.8. The first-order valence-electron chi connectivity index (χ1n) is 11.8. The van der Waals surface area contributed by atoms with Gasteiger partial charge < -0.3 is 24.4 Å². The van der Waals surface area contributed by atoms with E-state index < -0.39 is 52.9 Å². The Morgan fingerprint density at radius 2 is 1.97 bits per heavy atom. The molecule has 1 saturated heterocycles. The van der Waals surface area contributed by atoms with Gasteiger partial charge in [-0.1, -0.05) is 6.08 Å². The first kappa shape index (κ1) is 26.7. The van der Waals surface area contributed by atoms with E-state index in [2.05, 4.69) is 5.32 Å². The molecule has 2 aliphatic rings. The summed E-state index contributed by atoms with van der Waals surface area (Å²) >= 11 is 0. The van der Waals surface area contributed by atoms with Crippen LogP contribution in [0, 0.1) is 11.6 Å². The number of ether oxygens (including phenoxy) is 2. The molecule has 1 fully saturated rings. The quantitative estimate of drug-likeness (QED) is 0.542. The highest BCUT2D eigenvalue weighted by Gasteiger charge is 2.35. The topological polar surface area (TPSA) is 123 Å². The lowest BCUT2D eigenvalue weighted by atomic mass is 9.93. The van der Waals surface area contributed by atoms with E-state index in [1.807, 2.05) is 0 Å². The van der Waals surface area contributed by atoms with Gasteiger partial charge in [0.25, 0.3) is 5.56 Å². The number of carbonyl (C=O) groups is 2. The second kappa shape index (κ2) is 10.6.